The maximum absolute atomic E-state index is 11.7. The second kappa shape index (κ2) is 4.87. The summed E-state index contributed by atoms with van der Waals surface area (Å²) in [5.41, 5.74) is 1.20. The topological polar surface area (TPSA) is 77.0 Å². The van der Waals surface area contributed by atoms with E-state index in [0.717, 1.165) is 10.2 Å². The van der Waals surface area contributed by atoms with E-state index in [4.69, 9.17) is 4.74 Å². The first-order valence-corrected chi connectivity index (χ1v) is 5.55. The number of esters is 1. The van der Waals surface area contributed by atoms with Crippen molar-refractivity contribution in [2.75, 3.05) is 6.61 Å². The van der Waals surface area contributed by atoms with E-state index in [0.29, 0.717) is 5.69 Å². The maximum Gasteiger partial charge on any atom is 0.376 e. The van der Waals surface area contributed by atoms with E-state index in [9.17, 15) is 9.59 Å². The number of H-pyrrole nitrogens is 1. The predicted molar refractivity (Wildman–Crippen MR) is 64.9 cm³/mol. The smallest absolute Gasteiger partial charge is 0.376 e. The number of carbonyl (C=O) groups is 1. The van der Waals surface area contributed by atoms with Crippen LogP contribution in [0.1, 0.15) is 23.1 Å². The molecule has 0 saturated heterocycles. The Kier molecular flexibility index (Phi) is 3.27. The number of ether oxygens (including phenoxy) is 1. The summed E-state index contributed by atoms with van der Waals surface area (Å²) in [6.07, 6.45) is 0. The fourth-order valence-electron chi connectivity index (χ4n) is 1.48. The van der Waals surface area contributed by atoms with Crippen molar-refractivity contribution in [2.24, 2.45) is 0 Å². The number of nitrogens with zero attached hydrogens (tertiary/aromatic N) is 2. The second-order valence-electron chi connectivity index (χ2n) is 3.75. The molecule has 0 amide bonds. The van der Waals surface area contributed by atoms with E-state index >= 15 is 0 Å². The molecule has 0 radical (unpaired) electrons. The van der Waals surface area contributed by atoms with Gasteiger partial charge in [0.05, 0.1) is 12.3 Å². The fourth-order valence-corrected chi connectivity index (χ4v) is 1.48. The highest BCUT2D eigenvalue weighted by atomic mass is 16.5. The first kappa shape index (κ1) is 12.1. The van der Waals surface area contributed by atoms with Gasteiger partial charge in [-0.2, -0.15) is 4.68 Å². The summed E-state index contributed by atoms with van der Waals surface area (Å²) in [5, 5.41) is 3.90. The van der Waals surface area contributed by atoms with Crippen molar-refractivity contribution in [2.45, 2.75) is 13.8 Å². The van der Waals surface area contributed by atoms with Gasteiger partial charge in [0.25, 0.3) is 0 Å². The maximum atomic E-state index is 11.7. The highest BCUT2D eigenvalue weighted by molar-refractivity contribution is 5.84. The van der Waals surface area contributed by atoms with Crippen molar-refractivity contribution in [1.82, 2.24) is 14.8 Å². The molecule has 0 atom stereocenters. The third kappa shape index (κ3) is 2.32. The monoisotopic (exact) mass is 247 g/mol. The minimum absolute atomic E-state index is 0.0950. The molecule has 0 spiro atoms. The van der Waals surface area contributed by atoms with Gasteiger partial charge in [0.15, 0.2) is 0 Å². The van der Waals surface area contributed by atoms with Crippen LogP contribution in [0.3, 0.4) is 0 Å². The Bertz CT molecular complexity index is 610. The molecule has 2 aromatic rings. The number of hydrogen-bond donors (Lipinski definition) is 1. The van der Waals surface area contributed by atoms with Crippen molar-refractivity contribution in [3.63, 3.8) is 0 Å². The number of rotatable bonds is 3. The number of hydrogen-bond acceptors (Lipinski definition) is 4. The first-order valence-electron chi connectivity index (χ1n) is 5.55. The summed E-state index contributed by atoms with van der Waals surface area (Å²) in [6, 6.07) is 7.24. The standard InChI is InChI=1S/C12H13N3O3/c1-3-18-11(16)10-13-12(17)15(14-10)9-6-4-8(2)5-7-9/h4-7H,3H2,1-2H3,(H,13,14,17). The van der Waals surface area contributed by atoms with E-state index in [-0.39, 0.29) is 12.4 Å². The van der Waals surface area contributed by atoms with Crippen LogP contribution in [0, 0.1) is 6.92 Å². The zero-order valence-electron chi connectivity index (χ0n) is 10.1. The van der Waals surface area contributed by atoms with Crippen molar-refractivity contribution >= 4 is 5.97 Å². The van der Waals surface area contributed by atoms with Crippen LogP contribution in [-0.4, -0.2) is 27.3 Å². The second-order valence-corrected chi connectivity index (χ2v) is 3.75. The summed E-state index contributed by atoms with van der Waals surface area (Å²) in [4.78, 5) is 25.5. The molecule has 0 bridgehead atoms. The molecule has 1 aromatic carbocycles. The minimum Gasteiger partial charge on any atom is -0.460 e. The fraction of sp³-hybridized carbons (Fsp3) is 0.250. The normalized spacial score (nSPS) is 10.3. The summed E-state index contributed by atoms with van der Waals surface area (Å²) in [7, 11) is 0. The Morgan fingerprint density at radius 2 is 2.06 bits per heavy atom. The molecule has 0 fully saturated rings. The van der Waals surface area contributed by atoms with Crippen LogP contribution >= 0.6 is 0 Å². The molecule has 1 heterocycles. The Balaban J connectivity index is 2.38. The highest BCUT2D eigenvalue weighted by Crippen LogP contribution is 2.06. The third-order valence-electron chi connectivity index (χ3n) is 2.37. The zero-order valence-corrected chi connectivity index (χ0v) is 10.1. The van der Waals surface area contributed by atoms with Gasteiger partial charge < -0.3 is 4.74 Å². The van der Waals surface area contributed by atoms with Crippen LogP contribution < -0.4 is 5.69 Å². The van der Waals surface area contributed by atoms with Crippen LogP contribution in [0.4, 0.5) is 0 Å². The van der Waals surface area contributed by atoms with Gasteiger partial charge in [-0.3, -0.25) is 4.98 Å². The number of carbonyl (C=O) groups excluding carboxylic acids is 1. The van der Waals surface area contributed by atoms with Gasteiger partial charge in [0.1, 0.15) is 0 Å². The van der Waals surface area contributed by atoms with Crippen LogP contribution in [0.5, 0.6) is 0 Å². The lowest BCUT2D eigenvalue weighted by atomic mass is 10.2. The van der Waals surface area contributed by atoms with E-state index < -0.39 is 11.7 Å². The van der Waals surface area contributed by atoms with Gasteiger partial charge in [-0.15, -0.1) is 5.10 Å². The summed E-state index contributed by atoms with van der Waals surface area (Å²) >= 11 is 0. The Labute approximate surface area is 103 Å². The summed E-state index contributed by atoms with van der Waals surface area (Å²) < 4.78 is 5.90. The van der Waals surface area contributed by atoms with Crippen LogP contribution in [0.25, 0.3) is 5.69 Å². The molecule has 0 saturated carbocycles. The van der Waals surface area contributed by atoms with Crippen molar-refractivity contribution in [3.8, 4) is 5.69 Å². The number of benzene rings is 1. The van der Waals surface area contributed by atoms with Gasteiger partial charge in [0, 0.05) is 0 Å². The molecule has 2 rings (SSSR count). The van der Waals surface area contributed by atoms with Gasteiger partial charge in [0.2, 0.25) is 5.82 Å². The third-order valence-corrected chi connectivity index (χ3v) is 2.37. The lowest BCUT2D eigenvalue weighted by Crippen LogP contribution is -2.15. The Hall–Kier alpha value is -2.37. The molecule has 6 heteroatoms. The van der Waals surface area contributed by atoms with Crippen molar-refractivity contribution in [1.29, 1.82) is 0 Å². The summed E-state index contributed by atoms with van der Waals surface area (Å²) in [5.74, 6) is -0.733. The predicted octanol–water partition coefficient (Wildman–Crippen LogP) is 1.05. The largest absolute Gasteiger partial charge is 0.460 e. The molecule has 1 N–H and O–H groups in total. The van der Waals surface area contributed by atoms with E-state index in [1.165, 1.54) is 0 Å². The van der Waals surface area contributed by atoms with Crippen molar-refractivity contribution < 1.29 is 9.53 Å². The molecule has 0 aliphatic rings. The number of aryl methyl sites for hydroxylation is 1. The molecule has 6 nitrogen and oxygen atoms in total. The average molecular weight is 247 g/mol. The minimum atomic E-state index is -0.638. The number of aromatic nitrogens is 3. The highest BCUT2D eigenvalue weighted by Gasteiger charge is 2.14. The quantitative estimate of drug-likeness (QED) is 0.822. The van der Waals surface area contributed by atoms with E-state index in [2.05, 4.69) is 10.1 Å². The van der Waals surface area contributed by atoms with Crippen LogP contribution in [-0.2, 0) is 4.74 Å². The molecule has 0 aliphatic heterocycles. The number of aromatic amines is 1. The summed E-state index contributed by atoms with van der Waals surface area (Å²) in [6.45, 7) is 3.87. The van der Waals surface area contributed by atoms with Gasteiger partial charge in [-0.05, 0) is 26.0 Å². The van der Waals surface area contributed by atoms with Gasteiger partial charge in [-0.25, -0.2) is 9.59 Å². The Morgan fingerprint density at radius 3 is 2.67 bits per heavy atom. The van der Waals surface area contributed by atoms with Gasteiger partial charge in [-0.1, -0.05) is 17.7 Å². The lowest BCUT2D eigenvalue weighted by Gasteiger charge is -1.99. The number of nitrogens with one attached hydrogen (secondary N) is 1. The molecule has 18 heavy (non-hydrogen) atoms. The molecular weight excluding hydrogens is 234 g/mol. The van der Waals surface area contributed by atoms with Gasteiger partial charge >= 0.3 is 11.7 Å². The lowest BCUT2D eigenvalue weighted by molar-refractivity contribution is 0.0512. The first-order chi connectivity index (χ1) is 8.61. The van der Waals surface area contributed by atoms with E-state index in [1.54, 1.807) is 19.1 Å². The zero-order chi connectivity index (χ0) is 13.1. The molecule has 1 aromatic heterocycles. The average Bonchev–Trinajstić information content (AvgIpc) is 2.73. The molecule has 94 valence electrons. The van der Waals surface area contributed by atoms with Crippen molar-refractivity contribution in [3.05, 3.63) is 46.1 Å². The molecule has 0 unspecified atom stereocenters. The van der Waals surface area contributed by atoms with E-state index in [1.807, 2.05) is 19.1 Å². The SMILES string of the molecule is CCOC(=O)c1nn(-c2ccc(C)cc2)c(=O)[nH]1. The van der Waals surface area contributed by atoms with Crippen LogP contribution in [0.2, 0.25) is 0 Å². The molecule has 0 aliphatic carbocycles. The Morgan fingerprint density at radius 1 is 1.39 bits per heavy atom. The van der Waals surface area contributed by atoms with Crippen LogP contribution in [0.15, 0.2) is 29.1 Å². The molecular formula is C12H13N3O3.